The number of rotatable bonds is 10. The predicted octanol–water partition coefficient (Wildman–Crippen LogP) is -0.0642. The van der Waals surface area contributed by atoms with Gasteiger partial charge in [-0.25, -0.2) is 0 Å². The average Bonchev–Trinajstić information content (AvgIpc) is 3.40. The summed E-state index contributed by atoms with van der Waals surface area (Å²) in [5.74, 6) is -8.14. The molecule has 7 heterocycles. The Morgan fingerprint density at radius 2 is 0.935 bits per heavy atom. The quantitative estimate of drug-likeness (QED) is 0.0570. The zero-order valence-corrected chi connectivity index (χ0v) is 42.9. The van der Waals surface area contributed by atoms with Crippen molar-refractivity contribution < 1.29 is 59.2 Å². The Hall–Kier alpha value is -8.88. The summed E-state index contributed by atoms with van der Waals surface area (Å²) < 4.78 is 0.00487. The second-order valence-electron chi connectivity index (χ2n) is 18.7. The highest BCUT2D eigenvalue weighted by Gasteiger charge is 2.28. The second-order valence-corrected chi connectivity index (χ2v) is 18.7. The zero-order chi connectivity index (χ0) is 56.8. The van der Waals surface area contributed by atoms with Gasteiger partial charge in [0.25, 0.3) is 57.7 Å². The number of hydrogen-bond acceptors (Lipinski definition) is 17. The lowest BCUT2D eigenvalue weighted by Crippen LogP contribution is -2.46. The summed E-state index contributed by atoms with van der Waals surface area (Å²) in [5, 5.41) is 53.4. The van der Waals surface area contributed by atoms with E-state index in [1.807, 2.05) is 0 Å². The number of nitrogens with two attached hydrogens (primary N) is 1. The average molecular weight is 1070 g/mol. The van der Waals surface area contributed by atoms with Gasteiger partial charge in [-0.1, -0.05) is 34.1 Å². The lowest BCUT2D eigenvalue weighted by Gasteiger charge is -2.26. The first-order chi connectivity index (χ1) is 36.5. The number of nitrogens with one attached hydrogen (secondary N) is 4. The maximum absolute atomic E-state index is 14.1. The first kappa shape index (κ1) is 59.0. The first-order valence-corrected chi connectivity index (χ1v) is 24.9. The van der Waals surface area contributed by atoms with Crippen LogP contribution in [-0.2, 0) is 0 Å². The minimum Gasteiger partial charge on any atom is -0.425 e. The number of pyridine rings is 4. The van der Waals surface area contributed by atoms with Crippen LogP contribution in [0.5, 0.6) is 0 Å². The molecule has 27 nitrogen and oxygen atoms in total. The van der Waals surface area contributed by atoms with Gasteiger partial charge in [0.05, 0.1) is 11.1 Å². The normalized spacial score (nSPS) is 15.9. The van der Waals surface area contributed by atoms with Gasteiger partial charge < -0.3 is 57.6 Å². The van der Waals surface area contributed by atoms with Gasteiger partial charge in [0.2, 0.25) is 0 Å². The van der Waals surface area contributed by atoms with Crippen LogP contribution < -0.4 is 49.2 Å². The van der Waals surface area contributed by atoms with Gasteiger partial charge in [-0.3, -0.25) is 57.5 Å². The van der Waals surface area contributed by atoms with E-state index in [2.05, 4.69) is 21.3 Å². The maximum Gasteiger partial charge on any atom is 0.296 e. The molecule has 4 bridgehead atoms. The van der Waals surface area contributed by atoms with E-state index in [-0.39, 0.29) is 115 Å². The molecule has 4 aromatic rings. The highest BCUT2D eigenvalue weighted by Crippen LogP contribution is 2.14. The number of Topliss-reactive ketones (excluding diaryl/α,β-unsaturated/α-hetero) is 2. The van der Waals surface area contributed by atoms with E-state index in [0.29, 0.717) is 12.8 Å². The molecular formula is C50H63N11O16. The summed E-state index contributed by atoms with van der Waals surface area (Å²) in [4.78, 5) is 162. The molecule has 0 radical (unpaired) electrons. The Bertz CT molecular complexity index is 3170. The number of carbonyl (C=O) groups excluding carboxylic acids is 8. The molecular weight excluding hydrogens is 1010 g/mol. The smallest absolute Gasteiger partial charge is 0.296 e. The molecule has 4 aromatic heterocycles. The van der Waals surface area contributed by atoms with Crippen LogP contribution in [-0.4, -0.2) is 155 Å². The van der Waals surface area contributed by atoms with E-state index in [1.165, 1.54) is 9.80 Å². The van der Waals surface area contributed by atoms with Gasteiger partial charge in [-0.05, 0) is 93.6 Å². The number of amides is 6. The third-order valence-corrected chi connectivity index (χ3v) is 12.5. The van der Waals surface area contributed by atoms with E-state index in [0.717, 1.165) is 48.5 Å². The Labute approximate surface area is 438 Å². The van der Waals surface area contributed by atoms with Crippen molar-refractivity contribution in [3.8, 4) is 0 Å². The molecule has 7 rings (SSSR count). The molecule has 10 N–H and O–H groups in total. The second kappa shape index (κ2) is 26.6. The van der Waals surface area contributed by atoms with Crippen LogP contribution in [0.4, 0.5) is 0 Å². The predicted molar refractivity (Wildman–Crippen MR) is 271 cm³/mol. The van der Waals surface area contributed by atoms with Crippen LogP contribution in [0, 0.1) is 11.8 Å². The summed E-state index contributed by atoms with van der Waals surface area (Å²) in [7, 11) is 0. The standard InChI is InChI=1S/C50H63N11O16/c1-28(2)39(62)31-12-18-37(60(76)45(31)68)49(72)56-23-7-8-24-57(50(73)38-19-13-32(40(63)29(3)4)46(69)61(38)77)26-10-22-53-42(65)34-15-17-36(59(75)48(34)71)44(67)55-30(11-5-6-20-51)27-54-43(66)35-16-14-33(47(70)58(35)74)41(64)52-21-9-25-56/h12-19,28-30,74-77H,5-11,20-27,51H2,1-4H3,(H,52,64)(H,53,65)(H,54,66)(H,55,67). The lowest BCUT2D eigenvalue weighted by molar-refractivity contribution is 0.0656. The Morgan fingerprint density at radius 1 is 0.519 bits per heavy atom. The fraction of sp³-hybridized carbons (Fsp3) is 0.440. The first-order valence-electron chi connectivity index (χ1n) is 24.9. The summed E-state index contributed by atoms with van der Waals surface area (Å²) >= 11 is 0. The molecule has 0 aliphatic carbocycles. The van der Waals surface area contributed by atoms with E-state index in [9.17, 15) is 78.4 Å². The number of nitrogens with zero attached hydrogens (tertiary/aromatic N) is 6. The zero-order valence-electron chi connectivity index (χ0n) is 42.9. The summed E-state index contributed by atoms with van der Waals surface area (Å²) in [6.45, 7) is 5.18. The van der Waals surface area contributed by atoms with Crippen molar-refractivity contribution in [2.75, 3.05) is 52.4 Å². The molecule has 0 saturated heterocycles. The monoisotopic (exact) mass is 1070 g/mol. The van der Waals surface area contributed by atoms with Crippen LogP contribution in [0.1, 0.15) is 156 Å². The van der Waals surface area contributed by atoms with Crippen LogP contribution in [0.2, 0.25) is 0 Å². The van der Waals surface area contributed by atoms with Crippen molar-refractivity contribution in [2.45, 2.75) is 78.7 Å². The Balaban J connectivity index is 1.49. The molecule has 6 amide bonds. The lowest BCUT2D eigenvalue weighted by atomic mass is 10.0. The van der Waals surface area contributed by atoms with Gasteiger partial charge >= 0.3 is 0 Å². The molecule has 27 heteroatoms. The van der Waals surface area contributed by atoms with E-state index >= 15 is 0 Å². The number of aromatic nitrogens is 4. The molecule has 0 fully saturated rings. The topological polar surface area (TPSA) is 386 Å². The third-order valence-electron chi connectivity index (χ3n) is 12.5. The van der Waals surface area contributed by atoms with Gasteiger partial charge in [-0.2, -0.15) is 0 Å². The molecule has 3 aliphatic heterocycles. The van der Waals surface area contributed by atoms with E-state index in [1.54, 1.807) is 27.7 Å². The van der Waals surface area contributed by atoms with Crippen LogP contribution in [0.3, 0.4) is 0 Å². The number of unbranched alkanes of at least 4 members (excludes halogenated alkanes) is 1. The molecule has 0 saturated carbocycles. The van der Waals surface area contributed by atoms with Gasteiger partial charge in [0.15, 0.2) is 11.6 Å². The maximum atomic E-state index is 14.1. The molecule has 414 valence electrons. The van der Waals surface area contributed by atoms with Crippen LogP contribution in [0.25, 0.3) is 0 Å². The summed E-state index contributed by atoms with van der Waals surface area (Å²) in [5.41, 5.74) is -3.37. The SMILES string of the molecule is CC(C)C(=O)c1ccc(C(=O)N2CCCCN(C(=O)c3ccc(C(=O)C(C)C)c(=O)n3O)CCCNC(=O)c3ccc(n(O)c3=O)C(=O)NC(CCCCN)CNC(=O)c3ccc(c(=O)n3O)C(=O)NCCC2)n(O)c1=O. The van der Waals surface area contributed by atoms with Crippen molar-refractivity contribution in [3.05, 3.63) is 135 Å². The minimum atomic E-state index is -1.29. The van der Waals surface area contributed by atoms with E-state index in [4.69, 9.17) is 5.73 Å². The van der Waals surface area contributed by atoms with Crippen LogP contribution in [0.15, 0.2) is 67.7 Å². The van der Waals surface area contributed by atoms with Crippen LogP contribution >= 0.6 is 0 Å². The van der Waals surface area contributed by atoms with Gasteiger partial charge in [0.1, 0.15) is 33.9 Å². The van der Waals surface area contributed by atoms with Crippen molar-refractivity contribution >= 4 is 47.0 Å². The molecule has 0 aromatic carbocycles. The Morgan fingerprint density at radius 3 is 1.35 bits per heavy atom. The van der Waals surface area contributed by atoms with E-state index < -0.39 is 121 Å². The number of hydrogen-bond donors (Lipinski definition) is 9. The van der Waals surface area contributed by atoms with Crippen molar-refractivity contribution in [3.63, 3.8) is 0 Å². The minimum absolute atomic E-state index is 0.0103. The molecule has 1 atom stereocenters. The molecule has 3 aliphatic rings. The largest absolute Gasteiger partial charge is 0.425 e. The number of ketones is 2. The summed E-state index contributed by atoms with van der Waals surface area (Å²) in [6.07, 6.45) is 1.32. The summed E-state index contributed by atoms with van der Waals surface area (Å²) in [6, 6.07) is 7.50. The fourth-order valence-electron chi connectivity index (χ4n) is 8.14. The third kappa shape index (κ3) is 14.1. The van der Waals surface area contributed by atoms with Gasteiger partial charge in [0, 0.05) is 63.7 Å². The highest BCUT2D eigenvalue weighted by molar-refractivity contribution is 6.00. The Kier molecular flexibility index (Phi) is 20.3. The van der Waals surface area contributed by atoms with Crippen molar-refractivity contribution in [1.82, 2.24) is 50.0 Å². The molecule has 77 heavy (non-hydrogen) atoms. The van der Waals surface area contributed by atoms with Crippen molar-refractivity contribution in [1.29, 1.82) is 0 Å². The highest BCUT2D eigenvalue weighted by atomic mass is 16.5. The fourth-order valence-corrected chi connectivity index (χ4v) is 8.14. The number of fused-ring (bicyclic) bond motifs is 2. The molecule has 0 spiro atoms. The molecule has 1 unspecified atom stereocenters. The van der Waals surface area contributed by atoms with Gasteiger partial charge in [-0.15, -0.1) is 18.9 Å². The number of carbonyl (C=O) groups is 8. The van der Waals surface area contributed by atoms with Crippen molar-refractivity contribution in [2.24, 2.45) is 17.6 Å².